The highest BCUT2D eigenvalue weighted by molar-refractivity contribution is 6.36. The van der Waals surface area contributed by atoms with E-state index in [2.05, 4.69) is 16.7 Å². The SMILES string of the molecule is COc1nc(-c2cccc(-c3cccc(NC(=O)c4cn(C)c(=O)n(C)c4=O)c3C)c2Cl)cc2c1C(NC1COC1)CC2. The van der Waals surface area contributed by atoms with Gasteiger partial charge >= 0.3 is 5.69 Å². The van der Waals surface area contributed by atoms with Crippen LogP contribution in [-0.4, -0.2) is 46.4 Å². The lowest BCUT2D eigenvalue weighted by Gasteiger charge is -2.30. The van der Waals surface area contributed by atoms with E-state index in [0.717, 1.165) is 64.1 Å². The second-order valence-electron chi connectivity index (χ2n) is 11.0. The zero-order chi connectivity index (χ0) is 30.4. The highest BCUT2D eigenvalue weighted by Crippen LogP contribution is 2.43. The molecule has 1 unspecified atom stereocenters. The zero-order valence-electron chi connectivity index (χ0n) is 24.4. The third kappa shape index (κ3) is 5.15. The summed E-state index contributed by atoms with van der Waals surface area (Å²) < 4.78 is 13.2. The Morgan fingerprint density at radius 1 is 1.09 bits per heavy atom. The topological polar surface area (TPSA) is 116 Å². The molecule has 0 spiro atoms. The number of ether oxygens (including phenoxy) is 2. The summed E-state index contributed by atoms with van der Waals surface area (Å²) in [6, 6.07) is 13.9. The van der Waals surface area contributed by atoms with Crippen LogP contribution in [0.1, 0.15) is 39.5 Å². The van der Waals surface area contributed by atoms with Crippen LogP contribution in [0.3, 0.4) is 0 Å². The predicted molar refractivity (Wildman–Crippen MR) is 165 cm³/mol. The van der Waals surface area contributed by atoms with Gasteiger partial charge in [0, 0.05) is 48.7 Å². The average molecular weight is 602 g/mol. The molecule has 1 atom stereocenters. The summed E-state index contributed by atoms with van der Waals surface area (Å²) in [7, 11) is 4.47. The Balaban J connectivity index is 1.33. The van der Waals surface area contributed by atoms with E-state index in [1.807, 2.05) is 37.3 Å². The van der Waals surface area contributed by atoms with Crippen LogP contribution in [0.15, 0.2) is 58.3 Å². The molecule has 2 N–H and O–H groups in total. The van der Waals surface area contributed by atoms with Crippen molar-refractivity contribution in [2.75, 3.05) is 25.6 Å². The van der Waals surface area contributed by atoms with Crippen LogP contribution in [0.4, 0.5) is 5.69 Å². The number of anilines is 1. The molecule has 11 heteroatoms. The van der Waals surface area contributed by atoms with Crippen molar-refractivity contribution in [1.29, 1.82) is 0 Å². The zero-order valence-corrected chi connectivity index (χ0v) is 25.1. The largest absolute Gasteiger partial charge is 0.481 e. The van der Waals surface area contributed by atoms with Crippen LogP contribution in [0.5, 0.6) is 5.88 Å². The second-order valence-corrected chi connectivity index (χ2v) is 11.4. The standard InChI is InChI=1S/C32H32ClN5O5/c1-17-20(7-6-10-24(17)35-29(39)23-14-37(2)32(41)38(3)31(23)40)21-8-5-9-22(28(21)33)26-13-18-11-12-25(34-19-15-43-16-19)27(18)30(36-26)42-4/h5-10,13-14,19,25,34H,11-12,15-16H2,1-4H3,(H,35,39). The summed E-state index contributed by atoms with van der Waals surface area (Å²) in [5, 5.41) is 7.02. The summed E-state index contributed by atoms with van der Waals surface area (Å²) in [4.78, 5) is 42.7. The smallest absolute Gasteiger partial charge is 0.330 e. The molecule has 3 heterocycles. The number of methoxy groups -OCH3 is 1. The van der Waals surface area contributed by atoms with E-state index >= 15 is 0 Å². The summed E-state index contributed by atoms with van der Waals surface area (Å²) >= 11 is 7.07. The van der Waals surface area contributed by atoms with Crippen molar-refractivity contribution >= 4 is 23.2 Å². The lowest BCUT2D eigenvalue weighted by Crippen LogP contribution is -2.47. The first kappa shape index (κ1) is 28.9. The number of nitrogens with one attached hydrogen (secondary N) is 2. The molecule has 0 saturated carbocycles. The third-order valence-electron chi connectivity index (χ3n) is 8.27. The van der Waals surface area contributed by atoms with Crippen molar-refractivity contribution < 1.29 is 14.3 Å². The Bertz CT molecular complexity index is 1880. The number of halogens is 1. The normalized spacial score (nSPS) is 16.1. The van der Waals surface area contributed by atoms with Crippen LogP contribution < -0.4 is 26.6 Å². The number of rotatable bonds is 7. The van der Waals surface area contributed by atoms with Gasteiger partial charge in [0.05, 0.1) is 37.1 Å². The van der Waals surface area contributed by atoms with Crippen molar-refractivity contribution in [1.82, 2.24) is 19.4 Å². The Morgan fingerprint density at radius 3 is 2.53 bits per heavy atom. The van der Waals surface area contributed by atoms with Gasteiger partial charge < -0.3 is 24.7 Å². The number of aryl methyl sites for hydroxylation is 2. The maximum Gasteiger partial charge on any atom is 0.330 e. The van der Waals surface area contributed by atoms with Gasteiger partial charge in [-0.05, 0) is 48.6 Å². The first-order chi connectivity index (χ1) is 20.7. The van der Waals surface area contributed by atoms with E-state index in [1.54, 1.807) is 13.2 Å². The first-order valence-corrected chi connectivity index (χ1v) is 14.4. The summed E-state index contributed by atoms with van der Waals surface area (Å²) in [5.41, 5.74) is 5.35. The molecule has 0 bridgehead atoms. The summed E-state index contributed by atoms with van der Waals surface area (Å²) in [6.45, 7) is 3.32. The molecule has 1 aliphatic heterocycles. The molecule has 2 aromatic carbocycles. The maximum absolute atomic E-state index is 13.1. The molecule has 4 aromatic rings. The van der Waals surface area contributed by atoms with Crippen LogP contribution in [0.2, 0.25) is 5.02 Å². The van der Waals surface area contributed by atoms with E-state index < -0.39 is 17.2 Å². The third-order valence-corrected chi connectivity index (χ3v) is 8.67. The van der Waals surface area contributed by atoms with Gasteiger partial charge in [-0.3, -0.25) is 14.2 Å². The van der Waals surface area contributed by atoms with Gasteiger partial charge in [0.1, 0.15) is 5.56 Å². The number of amides is 1. The highest BCUT2D eigenvalue weighted by Gasteiger charge is 2.32. The minimum Gasteiger partial charge on any atom is -0.481 e. The number of nitrogens with zero attached hydrogens (tertiary/aromatic N) is 3. The molecular weight excluding hydrogens is 570 g/mol. The fraction of sp³-hybridized carbons (Fsp3) is 0.312. The van der Waals surface area contributed by atoms with Crippen molar-refractivity contribution in [3.8, 4) is 28.3 Å². The van der Waals surface area contributed by atoms with E-state index in [0.29, 0.717) is 22.6 Å². The molecule has 10 nitrogen and oxygen atoms in total. The minimum absolute atomic E-state index is 0.135. The number of pyridine rings is 1. The molecule has 43 heavy (non-hydrogen) atoms. The fourth-order valence-electron chi connectivity index (χ4n) is 5.84. The molecule has 1 aliphatic carbocycles. The molecule has 222 valence electrons. The first-order valence-electron chi connectivity index (χ1n) is 14.1. The quantitative estimate of drug-likeness (QED) is 0.329. The van der Waals surface area contributed by atoms with E-state index in [-0.39, 0.29) is 11.6 Å². The molecule has 1 amide bonds. The van der Waals surface area contributed by atoms with Gasteiger partial charge in [0.2, 0.25) is 5.88 Å². The Hall–Kier alpha value is -4.25. The van der Waals surface area contributed by atoms with Gasteiger partial charge in [-0.1, -0.05) is 41.9 Å². The Kier molecular flexibility index (Phi) is 7.68. The number of hydrogen-bond donors (Lipinski definition) is 2. The number of carbonyl (C=O) groups excluding carboxylic acids is 1. The molecule has 0 radical (unpaired) electrons. The fourth-order valence-corrected chi connectivity index (χ4v) is 6.16. The van der Waals surface area contributed by atoms with Crippen LogP contribution in [0.25, 0.3) is 22.4 Å². The molecule has 2 aliphatic rings. The number of fused-ring (bicyclic) bond motifs is 1. The molecular formula is C32H32ClN5O5. The van der Waals surface area contributed by atoms with Gasteiger partial charge in [0.15, 0.2) is 0 Å². The van der Waals surface area contributed by atoms with Crippen molar-refractivity contribution in [3.05, 3.63) is 96.8 Å². The van der Waals surface area contributed by atoms with Gasteiger partial charge in [-0.15, -0.1) is 0 Å². The molecule has 1 fully saturated rings. The molecule has 6 rings (SSSR count). The van der Waals surface area contributed by atoms with E-state index in [9.17, 15) is 14.4 Å². The van der Waals surface area contributed by atoms with Gasteiger partial charge in [0.25, 0.3) is 11.5 Å². The van der Waals surface area contributed by atoms with Crippen LogP contribution >= 0.6 is 11.6 Å². The van der Waals surface area contributed by atoms with Crippen molar-refractivity contribution in [2.24, 2.45) is 14.1 Å². The number of benzene rings is 2. The van der Waals surface area contributed by atoms with Gasteiger partial charge in [-0.25, -0.2) is 9.78 Å². The average Bonchev–Trinajstić information content (AvgIpc) is 3.39. The maximum atomic E-state index is 13.1. The van der Waals surface area contributed by atoms with Crippen molar-refractivity contribution in [3.63, 3.8) is 0 Å². The molecule has 2 aromatic heterocycles. The highest BCUT2D eigenvalue weighted by atomic mass is 35.5. The summed E-state index contributed by atoms with van der Waals surface area (Å²) in [5.74, 6) is -0.0157. The van der Waals surface area contributed by atoms with Crippen molar-refractivity contribution in [2.45, 2.75) is 31.8 Å². The number of carbonyl (C=O) groups is 1. The second kappa shape index (κ2) is 11.4. The van der Waals surface area contributed by atoms with Gasteiger partial charge in [-0.2, -0.15) is 0 Å². The predicted octanol–water partition coefficient (Wildman–Crippen LogP) is 4.01. The van der Waals surface area contributed by atoms with E-state index in [1.165, 1.54) is 30.4 Å². The van der Waals surface area contributed by atoms with Crippen LogP contribution in [-0.2, 0) is 25.3 Å². The lowest BCUT2D eigenvalue weighted by atomic mass is 9.96. The Labute approximate surface area is 253 Å². The van der Waals surface area contributed by atoms with Crippen LogP contribution in [0, 0.1) is 6.92 Å². The monoisotopic (exact) mass is 601 g/mol. The lowest BCUT2D eigenvalue weighted by molar-refractivity contribution is -0.0102. The molecule has 1 saturated heterocycles. The Morgan fingerprint density at radius 2 is 1.81 bits per heavy atom. The summed E-state index contributed by atoms with van der Waals surface area (Å²) in [6.07, 6.45) is 3.12. The minimum atomic E-state index is -0.665. The number of aromatic nitrogens is 3. The number of hydrogen-bond acceptors (Lipinski definition) is 7. The van der Waals surface area contributed by atoms with E-state index in [4.69, 9.17) is 26.1 Å².